The molecule has 4 rings (SSSR count). The van der Waals surface area contributed by atoms with Crippen molar-refractivity contribution in [1.82, 2.24) is 20.0 Å². The molecule has 0 amide bonds. The van der Waals surface area contributed by atoms with Crippen molar-refractivity contribution in [2.75, 3.05) is 17.3 Å². The average molecular weight is 454 g/mol. The van der Waals surface area contributed by atoms with E-state index in [1.807, 2.05) is 55.4 Å². The number of piperidine rings is 1. The Kier molecular flexibility index (Phi) is 5.87. The Balaban J connectivity index is 1.71. The summed E-state index contributed by atoms with van der Waals surface area (Å²) in [5.74, 6) is 0.205. The summed E-state index contributed by atoms with van der Waals surface area (Å²) in [6.45, 7) is 10.9. The number of benzene rings is 1. The van der Waals surface area contributed by atoms with Gasteiger partial charge in [0.15, 0.2) is 11.5 Å². The number of halogens is 1. The minimum atomic E-state index is -1.13. The van der Waals surface area contributed by atoms with E-state index in [4.69, 9.17) is 0 Å². The first-order chi connectivity index (χ1) is 15.4. The van der Waals surface area contributed by atoms with Crippen LogP contribution in [-0.2, 0) is 7.05 Å². The van der Waals surface area contributed by atoms with Crippen LogP contribution in [0.3, 0.4) is 0 Å². The summed E-state index contributed by atoms with van der Waals surface area (Å²) >= 11 is 0. The van der Waals surface area contributed by atoms with E-state index in [9.17, 15) is 0 Å². The minimum Gasteiger partial charge on any atom is -0.326 e. The van der Waals surface area contributed by atoms with E-state index in [1.54, 1.807) is 10.9 Å². The third-order valence-corrected chi connectivity index (χ3v) is 7.20. The SMILES string of the molecule is CN1C(C)(C)CC(NC2(C)C(F)=CN=C(Nc3ccccc3)N2c2cnn(C)c2)CC1(C)C. The quantitative estimate of drug-likeness (QED) is 0.715. The van der Waals surface area contributed by atoms with E-state index in [1.165, 1.54) is 6.20 Å². The Morgan fingerprint density at radius 3 is 2.21 bits per heavy atom. The number of aryl methyl sites for hydroxylation is 1. The number of aromatic nitrogens is 2. The summed E-state index contributed by atoms with van der Waals surface area (Å²) < 4.78 is 17.4. The maximum absolute atomic E-state index is 15.7. The van der Waals surface area contributed by atoms with Gasteiger partial charge in [-0.25, -0.2) is 9.38 Å². The van der Waals surface area contributed by atoms with E-state index in [2.05, 4.69) is 60.4 Å². The van der Waals surface area contributed by atoms with Crippen LogP contribution in [0.2, 0.25) is 0 Å². The van der Waals surface area contributed by atoms with E-state index >= 15 is 4.39 Å². The summed E-state index contributed by atoms with van der Waals surface area (Å²) in [7, 11) is 4.03. The van der Waals surface area contributed by atoms with Gasteiger partial charge in [-0.1, -0.05) is 18.2 Å². The number of rotatable bonds is 4. The fourth-order valence-electron chi connectivity index (χ4n) is 5.27. The summed E-state index contributed by atoms with van der Waals surface area (Å²) in [5.41, 5.74) is 0.453. The highest BCUT2D eigenvalue weighted by Crippen LogP contribution is 2.40. The lowest BCUT2D eigenvalue weighted by atomic mass is 9.77. The monoisotopic (exact) mass is 453 g/mol. The van der Waals surface area contributed by atoms with Crippen molar-refractivity contribution in [1.29, 1.82) is 0 Å². The molecule has 2 aliphatic heterocycles. The Bertz CT molecular complexity index is 1040. The van der Waals surface area contributed by atoms with Gasteiger partial charge in [0.1, 0.15) is 0 Å². The fourth-order valence-corrected chi connectivity index (χ4v) is 5.27. The summed E-state index contributed by atoms with van der Waals surface area (Å²) in [6.07, 6.45) is 6.73. The minimum absolute atomic E-state index is 0.0248. The van der Waals surface area contributed by atoms with E-state index in [-0.39, 0.29) is 22.9 Å². The molecule has 0 bridgehead atoms. The van der Waals surface area contributed by atoms with Gasteiger partial charge in [0, 0.05) is 36.1 Å². The predicted octanol–water partition coefficient (Wildman–Crippen LogP) is 4.48. The fraction of sp³-hybridized carbons (Fsp3) is 0.520. The normalized spacial score (nSPS) is 25.5. The molecule has 1 aromatic heterocycles. The predicted molar refractivity (Wildman–Crippen MR) is 133 cm³/mol. The summed E-state index contributed by atoms with van der Waals surface area (Å²) in [4.78, 5) is 8.74. The maximum Gasteiger partial charge on any atom is 0.209 e. The topological polar surface area (TPSA) is 60.7 Å². The molecule has 1 fully saturated rings. The molecule has 0 aliphatic carbocycles. The molecule has 33 heavy (non-hydrogen) atoms. The van der Waals surface area contributed by atoms with Gasteiger partial charge in [0.2, 0.25) is 5.96 Å². The number of hydrogen-bond acceptors (Lipinski definition) is 6. The van der Waals surface area contributed by atoms with Crippen molar-refractivity contribution in [3.8, 4) is 0 Å². The van der Waals surface area contributed by atoms with Crippen LogP contribution in [0.4, 0.5) is 15.8 Å². The van der Waals surface area contributed by atoms with Crippen molar-refractivity contribution >= 4 is 17.3 Å². The van der Waals surface area contributed by atoms with Crippen molar-refractivity contribution in [2.45, 2.75) is 70.2 Å². The third-order valence-electron chi connectivity index (χ3n) is 7.20. The molecule has 2 N–H and O–H groups in total. The first-order valence-corrected chi connectivity index (χ1v) is 11.5. The Morgan fingerprint density at radius 2 is 1.64 bits per heavy atom. The standard InChI is InChI=1S/C25H36FN7/c1-23(2)13-19(14-24(3,4)32(23)7)30-25(5)21(26)16-27-22(29-18-11-9-8-10-12-18)33(25)20-15-28-31(6)17-20/h8-12,15-17,19,30H,13-14H2,1-7H3,(H,27,29). The molecular weight excluding hydrogens is 417 g/mol. The molecular formula is C25H36FN7. The highest BCUT2D eigenvalue weighted by molar-refractivity contribution is 6.07. The van der Waals surface area contributed by atoms with Crippen LogP contribution >= 0.6 is 0 Å². The summed E-state index contributed by atoms with van der Waals surface area (Å²) in [5, 5.41) is 11.4. The Labute approximate surface area is 196 Å². The largest absolute Gasteiger partial charge is 0.326 e. The zero-order valence-electron chi connectivity index (χ0n) is 20.7. The molecule has 2 aromatic rings. The number of nitrogens with zero attached hydrogens (tertiary/aromatic N) is 5. The second-order valence-corrected chi connectivity index (χ2v) is 10.6. The van der Waals surface area contributed by atoms with Crippen molar-refractivity contribution in [2.24, 2.45) is 12.0 Å². The van der Waals surface area contributed by atoms with Crippen molar-refractivity contribution in [3.63, 3.8) is 0 Å². The Morgan fingerprint density at radius 1 is 1.00 bits per heavy atom. The molecule has 1 aromatic carbocycles. The van der Waals surface area contributed by atoms with Crippen LogP contribution in [0, 0.1) is 0 Å². The molecule has 1 unspecified atom stereocenters. The van der Waals surface area contributed by atoms with Crippen LogP contribution in [0.15, 0.2) is 59.7 Å². The average Bonchev–Trinajstić information content (AvgIpc) is 3.15. The van der Waals surface area contributed by atoms with Gasteiger partial charge in [-0.05, 0) is 66.6 Å². The highest BCUT2D eigenvalue weighted by Gasteiger charge is 2.49. The van der Waals surface area contributed by atoms with Crippen LogP contribution in [0.1, 0.15) is 47.5 Å². The molecule has 0 spiro atoms. The van der Waals surface area contributed by atoms with E-state index in [0.29, 0.717) is 5.96 Å². The van der Waals surface area contributed by atoms with Gasteiger partial charge in [-0.3, -0.25) is 19.8 Å². The highest BCUT2D eigenvalue weighted by atomic mass is 19.1. The number of likely N-dealkylation sites (tertiary alicyclic amines) is 1. The van der Waals surface area contributed by atoms with Crippen LogP contribution < -0.4 is 15.5 Å². The molecule has 7 nitrogen and oxygen atoms in total. The van der Waals surface area contributed by atoms with E-state index < -0.39 is 5.66 Å². The number of nitrogens with one attached hydrogen (secondary N) is 2. The number of guanidine groups is 1. The number of anilines is 2. The summed E-state index contributed by atoms with van der Waals surface area (Å²) in [6, 6.07) is 9.90. The molecule has 0 radical (unpaired) electrons. The van der Waals surface area contributed by atoms with Gasteiger partial charge in [0.25, 0.3) is 0 Å². The second kappa shape index (κ2) is 8.25. The molecule has 0 saturated carbocycles. The molecule has 178 valence electrons. The van der Waals surface area contributed by atoms with Crippen molar-refractivity contribution < 1.29 is 4.39 Å². The molecule has 2 aliphatic rings. The second-order valence-electron chi connectivity index (χ2n) is 10.6. The van der Waals surface area contributed by atoms with Gasteiger partial charge in [0.05, 0.1) is 18.1 Å². The van der Waals surface area contributed by atoms with Gasteiger partial charge in [-0.2, -0.15) is 5.10 Å². The van der Waals surface area contributed by atoms with Gasteiger partial charge < -0.3 is 5.32 Å². The number of aliphatic imine (C=N–C) groups is 1. The molecule has 1 saturated heterocycles. The maximum atomic E-state index is 15.7. The van der Waals surface area contributed by atoms with Crippen molar-refractivity contribution in [3.05, 3.63) is 54.8 Å². The van der Waals surface area contributed by atoms with Crippen LogP contribution in [-0.4, -0.2) is 50.5 Å². The molecule has 1 atom stereocenters. The first-order valence-electron chi connectivity index (χ1n) is 11.5. The number of hydrogen-bond donors (Lipinski definition) is 2. The smallest absolute Gasteiger partial charge is 0.209 e. The van der Waals surface area contributed by atoms with Crippen LogP contribution in [0.5, 0.6) is 0 Å². The Hall–Kier alpha value is -2.71. The van der Waals surface area contributed by atoms with Gasteiger partial charge in [-0.15, -0.1) is 0 Å². The van der Waals surface area contributed by atoms with Crippen LogP contribution in [0.25, 0.3) is 0 Å². The number of para-hydroxylation sites is 1. The first kappa shape index (κ1) is 23.4. The third kappa shape index (κ3) is 4.42. The lowest BCUT2D eigenvalue weighted by Gasteiger charge is -2.55. The molecule has 3 heterocycles. The lowest BCUT2D eigenvalue weighted by Crippen LogP contribution is -2.69. The zero-order chi connectivity index (χ0) is 24.0. The lowest BCUT2D eigenvalue weighted by molar-refractivity contribution is -0.0226. The van der Waals surface area contributed by atoms with E-state index in [0.717, 1.165) is 24.2 Å². The molecule has 8 heteroatoms. The zero-order valence-corrected chi connectivity index (χ0v) is 20.7. The van der Waals surface area contributed by atoms with Gasteiger partial charge >= 0.3 is 0 Å².